The molecule has 0 saturated heterocycles. The lowest BCUT2D eigenvalue weighted by Gasteiger charge is -2.12. The summed E-state index contributed by atoms with van der Waals surface area (Å²) in [6.07, 6.45) is 5.56. The first-order valence-electron chi connectivity index (χ1n) is 9.00. The summed E-state index contributed by atoms with van der Waals surface area (Å²) in [7, 11) is -3.42. The van der Waals surface area contributed by atoms with Crippen molar-refractivity contribution in [1.29, 1.82) is 0 Å². The van der Waals surface area contributed by atoms with Crippen LogP contribution in [0.1, 0.15) is 5.56 Å². The van der Waals surface area contributed by atoms with Crippen LogP contribution in [0.3, 0.4) is 0 Å². The topological polar surface area (TPSA) is 96.9 Å². The Labute approximate surface area is 173 Å². The molecule has 152 valence electrons. The lowest BCUT2D eigenvalue weighted by molar-refractivity contribution is 0.607. The van der Waals surface area contributed by atoms with E-state index >= 15 is 0 Å². The largest absolute Gasteiger partial charge is 0.337 e. The van der Waals surface area contributed by atoms with Gasteiger partial charge in [0.2, 0.25) is 10.0 Å². The number of hydrogen-bond acceptors (Lipinski definition) is 6. The van der Waals surface area contributed by atoms with Gasteiger partial charge in [-0.1, -0.05) is 18.2 Å². The minimum Gasteiger partial charge on any atom is -0.337 e. The zero-order valence-electron chi connectivity index (χ0n) is 16.2. The fraction of sp³-hybridized carbons (Fsp3) is 0.0952. The molecule has 2 aromatic carbocycles. The molecule has 4 aromatic rings. The number of fused-ring (bicyclic) bond motifs is 1. The van der Waals surface area contributed by atoms with E-state index in [0.29, 0.717) is 39.2 Å². The third-order valence-electron chi connectivity index (χ3n) is 4.46. The van der Waals surface area contributed by atoms with E-state index in [1.807, 2.05) is 18.2 Å². The van der Waals surface area contributed by atoms with Crippen LogP contribution in [0, 0.1) is 12.7 Å². The van der Waals surface area contributed by atoms with E-state index in [1.165, 1.54) is 12.5 Å². The minimum atomic E-state index is -3.42. The van der Waals surface area contributed by atoms with Crippen molar-refractivity contribution in [1.82, 2.24) is 15.0 Å². The summed E-state index contributed by atoms with van der Waals surface area (Å²) in [6, 6.07) is 12.3. The molecule has 0 atom stereocenters. The van der Waals surface area contributed by atoms with Gasteiger partial charge in [-0.2, -0.15) is 0 Å². The first-order chi connectivity index (χ1) is 14.3. The maximum Gasteiger partial charge on any atom is 0.229 e. The molecule has 2 heterocycles. The van der Waals surface area contributed by atoms with E-state index in [0.717, 1.165) is 11.8 Å². The van der Waals surface area contributed by atoms with E-state index < -0.39 is 10.0 Å². The number of anilines is 3. The molecular weight excluding hydrogens is 405 g/mol. The Balaban J connectivity index is 1.77. The Morgan fingerprint density at radius 2 is 1.83 bits per heavy atom. The first kappa shape index (κ1) is 19.7. The van der Waals surface area contributed by atoms with Gasteiger partial charge in [-0.25, -0.2) is 22.8 Å². The maximum atomic E-state index is 14.4. The lowest BCUT2D eigenvalue weighted by Crippen LogP contribution is -2.09. The van der Waals surface area contributed by atoms with Crippen LogP contribution >= 0.6 is 0 Å². The molecule has 0 spiro atoms. The quantitative estimate of drug-likeness (QED) is 0.498. The second kappa shape index (κ2) is 7.68. The van der Waals surface area contributed by atoms with Crippen molar-refractivity contribution < 1.29 is 12.8 Å². The van der Waals surface area contributed by atoms with Gasteiger partial charge in [-0.15, -0.1) is 0 Å². The number of sulfonamides is 1. The molecule has 2 aromatic heterocycles. The zero-order chi connectivity index (χ0) is 21.3. The smallest absolute Gasteiger partial charge is 0.229 e. The molecule has 0 radical (unpaired) electrons. The minimum absolute atomic E-state index is 0.321. The molecular formula is C21H18FN5O2S. The molecule has 0 aliphatic heterocycles. The van der Waals surface area contributed by atoms with Gasteiger partial charge in [0.1, 0.15) is 18.0 Å². The van der Waals surface area contributed by atoms with Crippen LogP contribution < -0.4 is 10.0 Å². The van der Waals surface area contributed by atoms with Crippen LogP contribution in [0.4, 0.5) is 21.6 Å². The highest BCUT2D eigenvalue weighted by molar-refractivity contribution is 7.92. The Kier molecular flexibility index (Phi) is 5.04. The predicted molar refractivity (Wildman–Crippen MR) is 116 cm³/mol. The van der Waals surface area contributed by atoms with Crippen LogP contribution in [-0.4, -0.2) is 29.6 Å². The van der Waals surface area contributed by atoms with Crippen molar-refractivity contribution in [2.24, 2.45) is 0 Å². The highest BCUT2D eigenvalue weighted by atomic mass is 32.2. The lowest BCUT2D eigenvalue weighted by atomic mass is 10.0. The number of rotatable bonds is 5. The summed E-state index contributed by atoms with van der Waals surface area (Å²) in [5.41, 5.74) is 3.39. The Hall–Kier alpha value is -3.59. The van der Waals surface area contributed by atoms with E-state index in [-0.39, 0.29) is 5.82 Å². The average molecular weight is 423 g/mol. The fourth-order valence-corrected chi connectivity index (χ4v) is 3.61. The number of aryl methyl sites for hydroxylation is 1. The number of pyridine rings is 1. The first-order valence-corrected chi connectivity index (χ1v) is 10.9. The van der Waals surface area contributed by atoms with Crippen molar-refractivity contribution in [2.75, 3.05) is 16.3 Å². The third kappa shape index (κ3) is 4.20. The number of benzene rings is 2. The number of halogens is 1. The van der Waals surface area contributed by atoms with Crippen LogP contribution in [0.25, 0.3) is 22.0 Å². The molecule has 0 aliphatic rings. The molecule has 0 saturated carbocycles. The van der Waals surface area contributed by atoms with Gasteiger partial charge in [0, 0.05) is 17.1 Å². The summed E-state index contributed by atoms with van der Waals surface area (Å²) >= 11 is 0. The molecule has 0 aliphatic carbocycles. The van der Waals surface area contributed by atoms with Crippen molar-refractivity contribution in [3.8, 4) is 11.1 Å². The molecule has 0 unspecified atom stereocenters. The normalized spacial score (nSPS) is 11.4. The molecule has 0 fully saturated rings. The average Bonchev–Trinajstić information content (AvgIpc) is 2.70. The highest BCUT2D eigenvalue weighted by Crippen LogP contribution is 2.30. The van der Waals surface area contributed by atoms with E-state index in [2.05, 4.69) is 25.0 Å². The van der Waals surface area contributed by atoms with Crippen LogP contribution in [0.15, 0.2) is 61.2 Å². The predicted octanol–water partition coefficient (Wildman–Crippen LogP) is 4.25. The summed E-state index contributed by atoms with van der Waals surface area (Å²) in [4.78, 5) is 12.7. The number of nitrogens with zero attached hydrogens (tertiary/aromatic N) is 3. The zero-order valence-corrected chi connectivity index (χ0v) is 17.0. The SMILES string of the molecule is Cc1cccc(Nc2ncnc3ccc(-c4cncc(NS(C)(=O)=O)c4)cc23)c1F. The molecule has 0 bridgehead atoms. The number of aromatic nitrogens is 3. The summed E-state index contributed by atoms with van der Waals surface area (Å²) in [5, 5.41) is 3.74. The van der Waals surface area contributed by atoms with E-state index in [1.54, 1.807) is 37.4 Å². The van der Waals surface area contributed by atoms with Gasteiger partial charge in [-0.05, 0) is 42.3 Å². The third-order valence-corrected chi connectivity index (χ3v) is 5.06. The molecule has 7 nitrogen and oxygen atoms in total. The van der Waals surface area contributed by atoms with Gasteiger partial charge in [0.25, 0.3) is 0 Å². The summed E-state index contributed by atoms with van der Waals surface area (Å²) in [5.74, 6) is 0.119. The van der Waals surface area contributed by atoms with Gasteiger partial charge in [0.15, 0.2) is 0 Å². The van der Waals surface area contributed by atoms with Crippen molar-refractivity contribution in [2.45, 2.75) is 6.92 Å². The summed E-state index contributed by atoms with van der Waals surface area (Å²) < 4.78 is 39.9. The van der Waals surface area contributed by atoms with Gasteiger partial charge in [-0.3, -0.25) is 9.71 Å². The van der Waals surface area contributed by atoms with Crippen molar-refractivity contribution in [3.63, 3.8) is 0 Å². The van der Waals surface area contributed by atoms with Gasteiger partial charge < -0.3 is 5.32 Å². The number of hydrogen-bond donors (Lipinski definition) is 2. The van der Waals surface area contributed by atoms with E-state index in [9.17, 15) is 12.8 Å². The Morgan fingerprint density at radius 3 is 2.63 bits per heavy atom. The second-order valence-corrected chi connectivity index (χ2v) is 8.60. The van der Waals surface area contributed by atoms with Crippen LogP contribution in [0.2, 0.25) is 0 Å². The second-order valence-electron chi connectivity index (χ2n) is 6.85. The summed E-state index contributed by atoms with van der Waals surface area (Å²) in [6.45, 7) is 1.70. The van der Waals surface area contributed by atoms with Crippen molar-refractivity contribution in [3.05, 3.63) is 72.6 Å². The fourth-order valence-electron chi connectivity index (χ4n) is 3.08. The van der Waals surface area contributed by atoms with Crippen LogP contribution in [-0.2, 0) is 10.0 Å². The van der Waals surface area contributed by atoms with Gasteiger partial charge >= 0.3 is 0 Å². The number of nitrogens with one attached hydrogen (secondary N) is 2. The molecule has 4 rings (SSSR count). The standard InChI is InChI=1S/C21H18FN5O2S/c1-13-4-3-5-19(20(13)22)26-21-17-9-14(6-7-18(17)24-12-25-21)15-8-16(11-23-10-15)27-30(2,28)29/h3-12,27H,1-2H3,(H,24,25,26). The van der Waals surface area contributed by atoms with Gasteiger partial charge in [0.05, 0.1) is 29.3 Å². The van der Waals surface area contributed by atoms with E-state index in [4.69, 9.17) is 0 Å². The highest BCUT2D eigenvalue weighted by Gasteiger charge is 2.11. The molecule has 30 heavy (non-hydrogen) atoms. The maximum absolute atomic E-state index is 14.4. The monoisotopic (exact) mass is 423 g/mol. The Morgan fingerprint density at radius 1 is 1.00 bits per heavy atom. The van der Waals surface area contributed by atoms with Crippen molar-refractivity contribution >= 4 is 38.1 Å². The molecule has 9 heteroatoms. The molecule has 2 N–H and O–H groups in total. The van der Waals surface area contributed by atoms with Crippen LogP contribution in [0.5, 0.6) is 0 Å². The Bertz CT molecular complexity index is 1360. The molecule has 0 amide bonds.